The number of aliphatic hydroxyl groups excluding tert-OH is 1. The van der Waals surface area contributed by atoms with Crippen molar-refractivity contribution in [2.24, 2.45) is 0 Å². The Hall–Kier alpha value is -0.820. The SMILES string of the molecule is CC1c2ccccc2C1O. The van der Waals surface area contributed by atoms with Crippen molar-refractivity contribution in [3.05, 3.63) is 35.4 Å². The molecule has 0 saturated carbocycles. The number of fused-ring (bicyclic) bond motifs is 1. The molecule has 2 rings (SSSR count). The van der Waals surface area contributed by atoms with Crippen molar-refractivity contribution in [3.63, 3.8) is 0 Å². The van der Waals surface area contributed by atoms with Crippen molar-refractivity contribution in [2.75, 3.05) is 0 Å². The topological polar surface area (TPSA) is 20.2 Å². The summed E-state index contributed by atoms with van der Waals surface area (Å²) in [4.78, 5) is 0. The summed E-state index contributed by atoms with van der Waals surface area (Å²) in [6.45, 7) is 2.05. The van der Waals surface area contributed by atoms with E-state index in [2.05, 4.69) is 6.07 Å². The van der Waals surface area contributed by atoms with Gasteiger partial charge in [-0.25, -0.2) is 0 Å². The van der Waals surface area contributed by atoms with Gasteiger partial charge in [-0.15, -0.1) is 0 Å². The van der Waals surface area contributed by atoms with Crippen LogP contribution in [0.2, 0.25) is 0 Å². The maximum atomic E-state index is 9.37. The van der Waals surface area contributed by atoms with E-state index in [1.165, 1.54) is 5.56 Å². The molecule has 1 aromatic carbocycles. The normalized spacial score (nSPS) is 29.0. The number of benzene rings is 1. The van der Waals surface area contributed by atoms with Gasteiger partial charge < -0.3 is 5.11 Å². The lowest BCUT2D eigenvalue weighted by Gasteiger charge is -2.32. The van der Waals surface area contributed by atoms with Crippen LogP contribution in [0.5, 0.6) is 0 Å². The zero-order valence-electron chi connectivity index (χ0n) is 5.91. The highest BCUT2D eigenvalue weighted by atomic mass is 16.3. The van der Waals surface area contributed by atoms with Gasteiger partial charge in [0.2, 0.25) is 0 Å². The maximum Gasteiger partial charge on any atom is 0.0858 e. The zero-order valence-corrected chi connectivity index (χ0v) is 5.91. The van der Waals surface area contributed by atoms with Gasteiger partial charge in [0.05, 0.1) is 6.10 Å². The van der Waals surface area contributed by atoms with Gasteiger partial charge in [0, 0.05) is 5.92 Å². The molecule has 1 heteroatoms. The fraction of sp³-hybridized carbons (Fsp3) is 0.333. The molecule has 0 radical (unpaired) electrons. The second-order valence-electron chi connectivity index (χ2n) is 2.86. The third-order valence-electron chi connectivity index (χ3n) is 2.28. The Morgan fingerprint density at radius 2 is 1.80 bits per heavy atom. The number of hydrogen-bond acceptors (Lipinski definition) is 1. The van der Waals surface area contributed by atoms with E-state index in [1.54, 1.807) is 0 Å². The van der Waals surface area contributed by atoms with Crippen molar-refractivity contribution in [1.29, 1.82) is 0 Å². The predicted molar refractivity (Wildman–Crippen MR) is 39.8 cm³/mol. The molecule has 1 aliphatic carbocycles. The van der Waals surface area contributed by atoms with Crippen molar-refractivity contribution in [3.8, 4) is 0 Å². The Morgan fingerprint density at radius 3 is 2.40 bits per heavy atom. The van der Waals surface area contributed by atoms with Crippen LogP contribution in [0.1, 0.15) is 30.1 Å². The molecule has 2 unspecified atom stereocenters. The van der Waals surface area contributed by atoms with Crippen LogP contribution in [0.4, 0.5) is 0 Å². The molecule has 0 aromatic heterocycles. The van der Waals surface area contributed by atoms with Crippen molar-refractivity contribution < 1.29 is 5.11 Å². The fourth-order valence-corrected chi connectivity index (χ4v) is 1.54. The molecular weight excluding hydrogens is 124 g/mol. The molecule has 52 valence electrons. The second kappa shape index (κ2) is 1.83. The van der Waals surface area contributed by atoms with E-state index in [-0.39, 0.29) is 6.10 Å². The van der Waals surface area contributed by atoms with Crippen LogP contribution in [0.25, 0.3) is 0 Å². The Kier molecular flexibility index (Phi) is 1.08. The summed E-state index contributed by atoms with van der Waals surface area (Å²) in [5, 5.41) is 9.37. The lowest BCUT2D eigenvalue weighted by Crippen LogP contribution is -2.20. The molecule has 1 aromatic rings. The van der Waals surface area contributed by atoms with Crippen LogP contribution in [0.15, 0.2) is 24.3 Å². The summed E-state index contributed by atoms with van der Waals surface area (Å²) in [5.74, 6) is 0.344. The summed E-state index contributed by atoms with van der Waals surface area (Å²) in [5.41, 5.74) is 2.41. The van der Waals surface area contributed by atoms with Gasteiger partial charge in [-0.05, 0) is 11.1 Å². The van der Waals surface area contributed by atoms with Crippen LogP contribution in [0.3, 0.4) is 0 Å². The molecule has 1 N–H and O–H groups in total. The minimum Gasteiger partial charge on any atom is -0.388 e. The molecule has 0 saturated heterocycles. The summed E-state index contributed by atoms with van der Waals surface area (Å²) in [7, 11) is 0. The van der Waals surface area contributed by atoms with Crippen LogP contribution >= 0.6 is 0 Å². The van der Waals surface area contributed by atoms with E-state index in [9.17, 15) is 5.11 Å². The van der Waals surface area contributed by atoms with Gasteiger partial charge >= 0.3 is 0 Å². The molecule has 1 nitrogen and oxygen atoms in total. The fourth-order valence-electron chi connectivity index (χ4n) is 1.54. The molecule has 10 heavy (non-hydrogen) atoms. The highest BCUT2D eigenvalue weighted by molar-refractivity contribution is 5.41. The standard InChI is InChI=1S/C9H10O/c1-6-7-4-2-3-5-8(7)9(6)10/h2-6,9-10H,1H3. The Labute approximate surface area is 60.3 Å². The van der Waals surface area contributed by atoms with E-state index in [4.69, 9.17) is 0 Å². The van der Waals surface area contributed by atoms with E-state index in [0.717, 1.165) is 5.56 Å². The molecule has 0 bridgehead atoms. The van der Waals surface area contributed by atoms with Crippen molar-refractivity contribution in [1.82, 2.24) is 0 Å². The summed E-state index contributed by atoms with van der Waals surface area (Å²) in [6, 6.07) is 8.04. The smallest absolute Gasteiger partial charge is 0.0858 e. The van der Waals surface area contributed by atoms with Gasteiger partial charge in [0.1, 0.15) is 0 Å². The molecule has 0 fully saturated rings. The van der Waals surface area contributed by atoms with Crippen molar-refractivity contribution in [2.45, 2.75) is 18.9 Å². The lowest BCUT2D eigenvalue weighted by molar-refractivity contribution is 0.123. The molecular formula is C9H10O. The van der Waals surface area contributed by atoms with Gasteiger partial charge in [-0.2, -0.15) is 0 Å². The highest BCUT2D eigenvalue weighted by Gasteiger charge is 2.31. The predicted octanol–water partition coefficient (Wildman–Crippen LogP) is 1.84. The molecule has 0 amide bonds. The Balaban J connectivity index is 2.50. The Morgan fingerprint density at radius 1 is 1.20 bits per heavy atom. The van der Waals surface area contributed by atoms with Gasteiger partial charge in [0.15, 0.2) is 0 Å². The number of rotatable bonds is 0. The molecule has 0 heterocycles. The monoisotopic (exact) mass is 134 g/mol. The quantitative estimate of drug-likeness (QED) is 0.574. The molecule has 0 spiro atoms. The van der Waals surface area contributed by atoms with Crippen molar-refractivity contribution >= 4 is 0 Å². The zero-order chi connectivity index (χ0) is 7.14. The highest BCUT2D eigenvalue weighted by Crippen LogP contribution is 2.43. The maximum absolute atomic E-state index is 9.37. The summed E-state index contributed by atoms with van der Waals surface area (Å²) >= 11 is 0. The lowest BCUT2D eigenvalue weighted by atomic mass is 9.76. The van der Waals surface area contributed by atoms with Crippen LogP contribution in [-0.2, 0) is 0 Å². The van der Waals surface area contributed by atoms with E-state index in [1.807, 2.05) is 25.1 Å². The summed E-state index contributed by atoms with van der Waals surface area (Å²) < 4.78 is 0. The largest absolute Gasteiger partial charge is 0.388 e. The van der Waals surface area contributed by atoms with Gasteiger partial charge in [-0.3, -0.25) is 0 Å². The first-order chi connectivity index (χ1) is 4.80. The van der Waals surface area contributed by atoms with E-state index >= 15 is 0 Å². The summed E-state index contributed by atoms with van der Waals surface area (Å²) in [6.07, 6.45) is -0.212. The van der Waals surface area contributed by atoms with E-state index in [0.29, 0.717) is 5.92 Å². The Bertz CT molecular complexity index is 228. The van der Waals surface area contributed by atoms with Crippen LogP contribution in [0, 0.1) is 0 Å². The second-order valence-corrected chi connectivity index (χ2v) is 2.86. The third kappa shape index (κ3) is 0.557. The number of aliphatic hydroxyl groups is 1. The average molecular weight is 134 g/mol. The number of hydrogen-bond donors (Lipinski definition) is 1. The molecule has 1 aliphatic rings. The minimum absolute atomic E-state index is 0.212. The molecule has 2 atom stereocenters. The van der Waals surface area contributed by atoms with Crippen LogP contribution in [-0.4, -0.2) is 5.11 Å². The van der Waals surface area contributed by atoms with Gasteiger partial charge in [-0.1, -0.05) is 31.2 Å². The third-order valence-corrected chi connectivity index (χ3v) is 2.28. The first kappa shape index (κ1) is 5.93. The van der Waals surface area contributed by atoms with Crippen LogP contribution < -0.4 is 0 Å². The minimum atomic E-state index is -0.212. The van der Waals surface area contributed by atoms with Gasteiger partial charge in [0.25, 0.3) is 0 Å². The first-order valence-corrected chi connectivity index (χ1v) is 3.57. The first-order valence-electron chi connectivity index (χ1n) is 3.57. The molecule has 0 aliphatic heterocycles. The average Bonchev–Trinajstić information content (AvgIpc) is 2.03. The van der Waals surface area contributed by atoms with E-state index < -0.39 is 0 Å².